The number of carbonyl (C=O) groups is 1. The Bertz CT molecular complexity index is 1010. The summed E-state index contributed by atoms with van der Waals surface area (Å²) in [6, 6.07) is 16.9. The van der Waals surface area contributed by atoms with E-state index in [1.54, 1.807) is 24.9 Å². The van der Waals surface area contributed by atoms with Crippen molar-refractivity contribution in [2.24, 2.45) is 0 Å². The number of ether oxygens (including phenoxy) is 2. The fourth-order valence-electron chi connectivity index (χ4n) is 2.95. The van der Waals surface area contributed by atoms with E-state index < -0.39 is 0 Å². The van der Waals surface area contributed by atoms with Crippen LogP contribution < -0.4 is 19.7 Å². The predicted molar refractivity (Wildman–Crippen MR) is 106 cm³/mol. The maximum Gasteiger partial charge on any atom is 0.276 e. The van der Waals surface area contributed by atoms with Gasteiger partial charge in [-0.2, -0.15) is 0 Å². The molecule has 7 nitrogen and oxygen atoms in total. The van der Waals surface area contributed by atoms with E-state index in [2.05, 4.69) is 15.3 Å². The summed E-state index contributed by atoms with van der Waals surface area (Å²) in [5, 5.41) is 3.25. The molecule has 0 radical (unpaired) electrons. The Morgan fingerprint density at radius 1 is 1.07 bits per heavy atom. The van der Waals surface area contributed by atoms with Crippen LogP contribution in [0.3, 0.4) is 0 Å². The maximum atomic E-state index is 12.8. The number of para-hydroxylation sites is 1. The predicted octanol–water partition coefficient (Wildman–Crippen LogP) is 3.40. The van der Waals surface area contributed by atoms with Gasteiger partial charge in [-0.15, -0.1) is 0 Å². The number of nitrogens with one attached hydrogen (secondary N) is 1. The summed E-state index contributed by atoms with van der Waals surface area (Å²) in [5.74, 6) is 2.41. The first-order valence-corrected chi connectivity index (χ1v) is 8.91. The first kappa shape index (κ1) is 17.8. The van der Waals surface area contributed by atoms with Crippen molar-refractivity contribution >= 4 is 17.4 Å². The Kier molecular flexibility index (Phi) is 4.80. The topological polar surface area (TPSA) is 76.6 Å². The first-order chi connectivity index (χ1) is 13.6. The number of nitrogens with zero attached hydrogens (tertiary/aromatic N) is 3. The van der Waals surface area contributed by atoms with Crippen LogP contribution in [0.15, 0.2) is 54.6 Å². The average Bonchev–Trinajstić information content (AvgIpc) is 3.19. The van der Waals surface area contributed by atoms with E-state index in [0.717, 1.165) is 22.7 Å². The largest absolute Gasteiger partial charge is 0.454 e. The van der Waals surface area contributed by atoms with E-state index in [-0.39, 0.29) is 12.7 Å². The quantitative estimate of drug-likeness (QED) is 0.735. The molecule has 1 aromatic heterocycles. The molecule has 0 fully saturated rings. The van der Waals surface area contributed by atoms with Gasteiger partial charge in [-0.3, -0.25) is 4.79 Å². The van der Waals surface area contributed by atoms with Gasteiger partial charge in [0.05, 0.1) is 0 Å². The van der Waals surface area contributed by atoms with Crippen LogP contribution >= 0.6 is 0 Å². The summed E-state index contributed by atoms with van der Waals surface area (Å²) in [5.41, 5.74) is 2.17. The van der Waals surface area contributed by atoms with E-state index in [1.165, 1.54) is 0 Å². The van der Waals surface area contributed by atoms with Gasteiger partial charge in [-0.05, 0) is 36.8 Å². The summed E-state index contributed by atoms with van der Waals surface area (Å²) >= 11 is 0. The van der Waals surface area contributed by atoms with Crippen molar-refractivity contribution in [2.75, 3.05) is 24.1 Å². The second kappa shape index (κ2) is 7.56. The van der Waals surface area contributed by atoms with Gasteiger partial charge >= 0.3 is 0 Å². The molecule has 2 aromatic carbocycles. The third kappa shape index (κ3) is 3.73. The molecule has 7 heteroatoms. The molecule has 0 bridgehead atoms. The number of hydrogen-bond acceptors (Lipinski definition) is 6. The highest BCUT2D eigenvalue weighted by atomic mass is 16.7. The van der Waals surface area contributed by atoms with Crippen molar-refractivity contribution < 1.29 is 14.3 Å². The van der Waals surface area contributed by atoms with Crippen LogP contribution in [0.2, 0.25) is 0 Å². The van der Waals surface area contributed by atoms with E-state index >= 15 is 0 Å². The van der Waals surface area contributed by atoms with Crippen LogP contribution in [0.25, 0.3) is 0 Å². The van der Waals surface area contributed by atoms with Gasteiger partial charge in [-0.1, -0.05) is 24.3 Å². The van der Waals surface area contributed by atoms with Crippen LogP contribution in [0.5, 0.6) is 11.5 Å². The molecule has 0 saturated heterocycles. The zero-order valence-corrected chi connectivity index (χ0v) is 15.7. The first-order valence-electron chi connectivity index (χ1n) is 8.91. The standard InChI is InChI=1S/C21H20N4O3/c1-14-23-17(21(26)25(2)16-6-4-3-5-7-16)11-20(24-14)22-12-15-8-9-18-19(10-15)28-13-27-18/h3-11H,12-13H2,1-2H3,(H,22,23,24). The highest BCUT2D eigenvalue weighted by Gasteiger charge is 2.17. The summed E-state index contributed by atoms with van der Waals surface area (Å²) in [6.45, 7) is 2.55. The van der Waals surface area contributed by atoms with E-state index in [9.17, 15) is 4.79 Å². The van der Waals surface area contributed by atoms with Crippen molar-refractivity contribution in [3.63, 3.8) is 0 Å². The minimum absolute atomic E-state index is 0.192. The molecule has 1 N–H and O–H groups in total. The Morgan fingerprint density at radius 2 is 1.86 bits per heavy atom. The Labute approximate surface area is 163 Å². The fourth-order valence-corrected chi connectivity index (χ4v) is 2.95. The number of benzene rings is 2. The van der Waals surface area contributed by atoms with Crippen molar-refractivity contribution in [1.82, 2.24) is 9.97 Å². The van der Waals surface area contributed by atoms with Crippen molar-refractivity contribution in [2.45, 2.75) is 13.5 Å². The van der Waals surface area contributed by atoms with Gasteiger partial charge in [0.25, 0.3) is 5.91 Å². The molecule has 1 amide bonds. The summed E-state index contributed by atoms with van der Waals surface area (Å²) in [7, 11) is 1.73. The summed E-state index contributed by atoms with van der Waals surface area (Å²) < 4.78 is 10.7. The summed E-state index contributed by atoms with van der Waals surface area (Å²) in [4.78, 5) is 23.1. The lowest BCUT2D eigenvalue weighted by Crippen LogP contribution is -2.27. The fraction of sp³-hybridized carbons (Fsp3) is 0.190. The van der Waals surface area contributed by atoms with Gasteiger partial charge in [0.1, 0.15) is 17.3 Å². The number of rotatable bonds is 5. The minimum atomic E-state index is -0.192. The van der Waals surface area contributed by atoms with Gasteiger partial charge < -0.3 is 19.7 Å². The van der Waals surface area contributed by atoms with Crippen LogP contribution in [0, 0.1) is 6.92 Å². The third-order valence-corrected chi connectivity index (χ3v) is 4.42. The minimum Gasteiger partial charge on any atom is -0.454 e. The van der Waals surface area contributed by atoms with Crippen molar-refractivity contribution in [3.05, 3.63) is 71.7 Å². The van der Waals surface area contributed by atoms with Gasteiger partial charge in [0.2, 0.25) is 6.79 Å². The molecular weight excluding hydrogens is 356 g/mol. The van der Waals surface area contributed by atoms with E-state index in [1.807, 2.05) is 48.5 Å². The third-order valence-electron chi connectivity index (χ3n) is 4.42. The van der Waals surface area contributed by atoms with Crippen molar-refractivity contribution in [1.29, 1.82) is 0 Å². The molecule has 28 heavy (non-hydrogen) atoms. The van der Waals surface area contributed by atoms with E-state index in [0.29, 0.717) is 23.9 Å². The number of aryl methyl sites for hydroxylation is 1. The smallest absolute Gasteiger partial charge is 0.276 e. The molecule has 1 aliphatic heterocycles. The Morgan fingerprint density at radius 3 is 2.68 bits per heavy atom. The molecule has 142 valence electrons. The van der Waals surface area contributed by atoms with Crippen LogP contribution in [0.1, 0.15) is 21.9 Å². The number of hydrogen-bond donors (Lipinski definition) is 1. The molecule has 0 aliphatic carbocycles. The van der Waals surface area contributed by atoms with Crippen LogP contribution in [0.4, 0.5) is 11.5 Å². The summed E-state index contributed by atoms with van der Waals surface area (Å²) in [6.07, 6.45) is 0. The number of anilines is 2. The maximum absolute atomic E-state index is 12.8. The molecule has 2 heterocycles. The number of carbonyl (C=O) groups excluding carboxylic acids is 1. The molecular formula is C21H20N4O3. The number of amides is 1. The number of fused-ring (bicyclic) bond motifs is 1. The Hall–Kier alpha value is -3.61. The number of aromatic nitrogens is 2. The highest BCUT2D eigenvalue weighted by molar-refractivity contribution is 6.04. The molecule has 1 aliphatic rings. The second-order valence-electron chi connectivity index (χ2n) is 6.43. The molecule has 0 atom stereocenters. The average molecular weight is 376 g/mol. The van der Waals surface area contributed by atoms with Crippen molar-refractivity contribution in [3.8, 4) is 11.5 Å². The molecule has 0 saturated carbocycles. The highest BCUT2D eigenvalue weighted by Crippen LogP contribution is 2.32. The lowest BCUT2D eigenvalue weighted by molar-refractivity contribution is 0.0988. The lowest BCUT2D eigenvalue weighted by Gasteiger charge is -2.17. The van der Waals surface area contributed by atoms with Crippen LogP contribution in [-0.2, 0) is 6.54 Å². The SMILES string of the molecule is Cc1nc(NCc2ccc3c(c2)OCO3)cc(C(=O)N(C)c2ccccc2)n1. The van der Waals surface area contributed by atoms with Gasteiger partial charge in [0, 0.05) is 25.3 Å². The van der Waals surface area contributed by atoms with Crippen LogP contribution in [-0.4, -0.2) is 29.7 Å². The molecule has 0 unspecified atom stereocenters. The normalized spacial score (nSPS) is 11.9. The Balaban J connectivity index is 1.50. The molecule has 4 rings (SSSR count). The van der Waals surface area contributed by atoms with E-state index in [4.69, 9.17) is 9.47 Å². The monoisotopic (exact) mass is 376 g/mol. The lowest BCUT2D eigenvalue weighted by atomic mass is 10.2. The molecule has 0 spiro atoms. The molecule has 3 aromatic rings. The van der Waals surface area contributed by atoms with Gasteiger partial charge in [-0.25, -0.2) is 9.97 Å². The zero-order valence-electron chi connectivity index (χ0n) is 15.7. The second-order valence-corrected chi connectivity index (χ2v) is 6.43. The van der Waals surface area contributed by atoms with Gasteiger partial charge in [0.15, 0.2) is 11.5 Å². The zero-order chi connectivity index (χ0) is 19.5.